The molecule has 40 heavy (non-hydrogen) atoms. The zero-order valence-electron chi connectivity index (χ0n) is 23.8. The number of thiophene rings is 1. The third kappa shape index (κ3) is 5.09. The molecule has 0 radical (unpaired) electrons. The maximum absolute atomic E-state index is 13.8. The van der Waals surface area contributed by atoms with Crippen LogP contribution >= 0.6 is 11.3 Å². The topological polar surface area (TPSA) is 87.9 Å². The van der Waals surface area contributed by atoms with E-state index in [9.17, 15) is 4.79 Å². The van der Waals surface area contributed by atoms with E-state index < -0.39 is 0 Å². The predicted octanol–water partition coefficient (Wildman–Crippen LogP) is 4.53. The van der Waals surface area contributed by atoms with E-state index in [1.807, 2.05) is 18.2 Å². The Labute approximate surface area is 237 Å². The molecule has 6 rings (SSSR count). The fourth-order valence-electron chi connectivity index (χ4n) is 5.68. The molecule has 0 N–H and O–H groups in total. The van der Waals surface area contributed by atoms with E-state index in [4.69, 9.17) is 28.9 Å². The Bertz CT molecular complexity index is 1620. The number of hydrogen-bond acceptors (Lipinski definition) is 9. The second-order valence-electron chi connectivity index (χ2n) is 11.4. The summed E-state index contributed by atoms with van der Waals surface area (Å²) in [5.74, 6) is 1.36. The molecule has 10 heteroatoms. The molecular formula is C30H36N4O5S. The first kappa shape index (κ1) is 27.1. The van der Waals surface area contributed by atoms with Crippen LogP contribution in [0.25, 0.3) is 20.4 Å². The molecule has 0 amide bonds. The molecule has 0 bridgehead atoms. The van der Waals surface area contributed by atoms with Gasteiger partial charge in [-0.2, -0.15) is 0 Å². The fourth-order valence-corrected chi connectivity index (χ4v) is 6.81. The van der Waals surface area contributed by atoms with E-state index in [-0.39, 0.29) is 17.3 Å². The van der Waals surface area contributed by atoms with Crippen molar-refractivity contribution in [2.24, 2.45) is 0 Å². The lowest BCUT2D eigenvalue weighted by Crippen LogP contribution is -2.35. The van der Waals surface area contributed by atoms with E-state index in [2.05, 4.69) is 25.8 Å². The number of likely N-dealkylation sites (tertiary alicyclic amines) is 1. The van der Waals surface area contributed by atoms with Gasteiger partial charge in [-0.05, 0) is 51.4 Å². The lowest BCUT2D eigenvalue weighted by molar-refractivity contribution is -0.0434. The van der Waals surface area contributed by atoms with E-state index in [0.29, 0.717) is 47.9 Å². The number of hydrogen-bond donors (Lipinski definition) is 0. The van der Waals surface area contributed by atoms with Crippen LogP contribution in [0.3, 0.4) is 0 Å². The van der Waals surface area contributed by atoms with Crippen molar-refractivity contribution < 1.29 is 18.9 Å². The van der Waals surface area contributed by atoms with Gasteiger partial charge in [-0.3, -0.25) is 9.36 Å². The minimum atomic E-state index is -0.293. The molecule has 5 heterocycles. The summed E-state index contributed by atoms with van der Waals surface area (Å²) in [5.41, 5.74) is 4.33. The molecule has 3 aromatic heterocycles. The summed E-state index contributed by atoms with van der Waals surface area (Å²) >= 11 is 1.42. The first-order valence-corrected chi connectivity index (χ1v) is 14.5. The first-order chi connectivity index (χ1) is 19.3. The van der Waals surface area contributed by atoms with Crippen LogP contribution < -0.4 is 15.0 Å². The normalized spacial score (nSPS) is 17.8. The van der Waals surface area contributed by atoms with Crippen LogP contribution in [0, 0.1) is 0 Å². The minimum absolute atomic E-state index is 0.0948. The summed E-state index contributed by atoms with van der Waals surface area (Å²) < 4.78 is 25.8. The van der Waals surface area contributed by atoms with Crippen LogP contribution in [0.5, 0.6) is 11.5 Å². The molecule has 2 aliphatic rings. The van der Waals surface area contributed by atoms with Gasteiger partial charge < -0.3 is 23.8 Å². The average Bonchev–Trinajstić information content (AvgIpc) is 3.32. The van der Waals surface area contributed by atoms with E-state index in [0.717, 1.165) is 58.5 Å². The Morgan fingerprint density at radius 2 is 1.98 bits per heavy atom. The summed E-state index contributed by atoms with van der Waals surface area (Å²) in [6, 6.07) is 5.60. The molecule has 0 unspecified atom stereocenters. The number of methoxy groups -OCH3 is 2. The highest BCUT2D eigenvalue weighted by Crippen LogP contribution is 2.39. The lowest BCUT2D eigenvalue weighted by Gasteiger charge is -2.33. The summed E-state index contributed by atoms with van der Waals surface area (Å²) in [6.45, 7) is 7.52. The van der Waals surface area contributed by atoms with Gasteiger partial charge in [0.05, 0.1) is 63.2 Å². The molecule has 2 aliphatic heterocycles. The summed E-state index contributed by atoms with van der Waals surface area (Å²) in [7, 11) is 5.38. The highest BCUT2D eigenvalue weighted by Gasteiger charge is 2.31. The van der Waals surface area contributed by atoms with Gasteiger partial charge in [0.1, 0.15) is 21.0 Å². The quantitative estimate of drug-likeness (QED) is 0.324. The van der Waals surface area contributed by atoms with Crippen molar-refractivity contribution in [1.82, 2.24) is 19.4 Å². The van der Waals surface area contributed by atoms with E-state index in [1.165, 1.54) is 11.3 Å². The standard InChI is InChI=1S/C30H36N4O5S/c1-30(2)13-23-21(16-39-30)22(15-38-19-8-10-33(3)11-9-19)25-26-27(40-28(25)32-23)29(35)34(17-31-26)14-18-6-7-20(36-4)12-24(18)37-5/h6-7,12,17,19H,8-11,13-16H2,1-5H3. The summed E-state index contributed by atoms with van der Waals surface area (Å²) in [6.07, 6.45) is 4.58. The molecule has 1 saturated heterocycles. The van der Waals surface area contributed by atoms with Crippen LogP contribution in [0.2, 0.25) is 0 Å². The van der Waals surface area contributed by atoms with Crippen molar-refractivity contribution in [2.45, 2.75) is 64.6 Å². The second-order valence-corrected chi connectivity index (χ2v) is 12.4. The van der Waals surface area contributed by atoms with Gasteiger partial charge in [0, 0.05) is 42.1 Å². The molecule has 212 valence electrons. The van der Waals surface area contributed by atoms with Crippen molar-refractivity contribution in [3.63, 3.8) is 0 Å². The molecule has 9 nitrogen and oxygen atoms in total. The fraction of sp³-hybridized carbons (Fsp3) is 0.500. The number of pyridine rings is 1. The second kappa shape index (κ2) is 10.7. The molecule has 0 atom stereocenters. The smallest absolute Gasteiger partial charge is 0.271 e. The zero-order chi connectivity index (χ0) is 28.0. The van der Waals surface area contributed by atoms with Gasteiger partial charge >= 0.3 is 0 Å². The minimum Gasteiger partial charge on any atom is -0.497 e. The number of fused-ring (bicyclic) bond motifs is 4. The van der Waals surface area contributed by atoms with Crippen LogP contribution in [-0.2, 0) is 35.7 Å². The van der Waals surface area contributed by atoms with Crippen LogP contribution in [0.15, 0.2) is 29.3 Å². The highest BCUT2D eigenvalue weighted by atomic mass is 32.1. The van der Waals surface area contributed by atoms with Crippen molar-refractivity contribution in [1.29, 1.82) is 0 Å². The van der Waals surface area contributed by atoms with Gasteiger partial charge in [0.15, 0.2) is 0 Å². The zero-order valence-corrected chi connectivity index (χ0v) is 24.6. The van der Waals surface area contributed by atoms with Gasteiger partial charge in [-0.25, -0.2) is 9.97 Å². The molecule has 0 saturated carbocycles. The van der Waals surface area contributed by atoms with Crippen LogP contribution in [0.4, 0.5) is 0 Å². The SMILES string of the molecule is COc1ccc(Cn2cnc3c(sc4nc5c(c(COC6CCN(C)CC6)c43)COC(C)(C)C5)c2=O)c(OC)c1. The van der Waals surface area contributed by atoms with Gasteiger partial charge in [0.25, 0.3) is 5.56 Å². The Kier molecular flexibility index (Phi) is 7.28. The molecule has 0 aliphatic carbocycles. The third-order valence-electron chi connectivity index (χ3n) is 8.06. The highest BCUT2D eigenvalue weighted by molar-refractivity contribution is 7.25. The Morgan fingerprint density at radius 3 is 2.73 bits per heavy atom. The number of aromatic nitrogens is 3. The number of piperidine rings is 1. The van der Waals surface area contributed by atoms with Crippen LogP contribution in [-0.4, -0.2) is 65.5 Å². The summed E-state index contributed by atoms with van der Waals surface area (Å²) in [4.78, 5) is 26.8. The largest absolute Gasteiger partial charge is 0.497 e. The monoisotopic (exact) mass is 564 g/mol. The molecule has 1 fully saturated rings. The molecular weight excluding hydrogens is 528 g/mol. The molecule has 0 spiro atoms. The van der Waals surface area contributed by atoms with Gasteiger partial charge in [-0.15, -0.1) is 11.3 Å². The van der Waals surface area contributed by atoms with Crippen molar-refractivity contribution in [2.75, 3.05) is 34.4 Å². The summed E-state index contributed by atoms with van der Waals surface area (Å²) in [5, 5.41) is 0.918. The van der Waals surface area contributed by atoms with Crippen molar-refractivity contribution in [3.8, 4) is 11.5 Å². The van der Waals surface area contributed by atoms with Crippen molar-refractivity contribution >= 4 is 31.8 Å². The predicted molar refractivity (Wildman–Crippen MR) is 156 cm³/mol. The van der Waals surface area contributed by atoms with E-state index >= 15 is 0 Å². The maximum atomic E-state index is 13.8. The maximum Gasteiger partial charge on any atom is 0.271 e. The van der Waals surface area contributed by atoms with Crippen LogP contribution in [0.1, 0.15) is 49.1 Å². The van der Waals surface area contributed by atoms with Gasteiger partial charge in [-0.1, -0.05) is 0 Å². The number of rotatable bonds is 7. The lowest BCUT2D eigenvalue weighted by atomic mass is 9.92. The Morgan fingerprint density at radius 1 is 1.18 bits per heavy atom. The number of benzene rings is 1. The third-order valence-corrected chi connectivity index (χ3v) is 9.12. The number of nitrogens with zero attached hydrogens (tertiary/aromatic N) is 4. The van der Waals surface area contributed by atoms with Gasteiger partial charge in [0.2, 0.25) is 0 Å². The Balaban J connectivity index is 1.42. The van der Waals surface area contributed by atoms with E-state index in [1.54, 1.807) is 25.1 Å². The Hall–Kier alpha value is -3.05. The van der Waals surface area contributed by atoms with Crippen molar-refractivity contribution in [3.05, 3.63) is 57.3 Å². The molecule has 1 aromatic carbocycles. The average molecular weight is 565 g/mol. The molecule has 4 aromatic rings. The first-order valence-electron chi connectivity index (χ1n) is 13.7. The number of ether oxygens (including phenoxy) is 4.